The zero-order chi connectivity index (χ0) is 10.8. The third-order valence-electron chi connectivity index (χ3n) is 1.20. The predicted octanol–water partition coefficient (Wildman–Crippen LogP) is 1.93. The molecule has 0 aliphatic heterocycles. The highest BCUT2D eigenvalue weighted by Crippen LogP contribution is 2.16. The van der Waals surface area contributed by atoms with Crippen molar-refractivity contribution in [2.45, 2.75) is 19.4 Å². The first-order chi connectivity index (χ1) is 6.37. The van der Waals surface area contributed by atoms with E-state index in [9.17, 15) is 5.11 Å². The van der Waals surface area contributed by atoms with Crippen LogP contribution >= 0.6 is 23.2 Å². The number of halogens is 2. The number of ether oxygens (including phenoxy) is 1. The molecule has 4 nitrogen and oxygen atoms in total. The molecular weight excluding hydrogens is 227 g/mol. The molecule has 0 radical (unpaired) electrons. The zero-order valence-corrected chi connectivity index (χ0v) is 9.30. The maximum atomic E-state index is 9.37. The second kappa shape index (κ2) is 4.29. The van der Waals surface area contributed by atoms with Crippen LogP contribution in [0.5, 0.6) is 6.01 Å². The summed E-state index contributed by atoms with van der Waals surface area (Å²) in [6.45, 7) is 3.29. The fourth-order valence-corrected chi connectivity index (χ4v) is 1.08. The Kier molecular flexibility index (Phi) is 3.53. The Balaban J connectivity index is 2.68. The quantitative estimate of drug-likeness (QED) is 0.816. The van der Waals surface area contributed by atoms with Gasteiger partial charge in [0.2, 0.25) is 0 Å². The Hall–Kier alpha value is -0.580. The van der Waals surface area contributed by atoms with E-state index in [1.165, 1.54) is 6.07 Å². The average molecular weight is 237 g/mol. The van der Waals surface area contributed by atoms with Gasteiger partial charge in [-0.05, 0) is 13.8 Å². The molecule has 6 heteroatoms. The second-order valence-electron chi connectivity index (χ2n) is 3.40. The van der Waals surface area contributed by atoms with Gasteiger partial charge in [0.15, 0.2) is 0 Å². The highest BCUT2D eigenvalue weighted by Gasteiger charge is 2.14. The minimum Gasteiger partial charge on any atom is -0.460 e. The van der Waals surface area contributed by atoms with Crippen LogP contribution in [0.2, 0.25) is 10.3 Å². The van der Waals surface area contributed by atoms with E-state index in [2.05, 4.69) is 9.97 Å². The third kappa shape index (κ3) is 4.09. The summed E-state index contributed by atoms with van der Waals surface area (Å²) in [5, 5.41) is 9.78. The van der Waals surface area contributed by atoms with Crippen molar-refractivity contribution in [1.29, 1.82) is 0 Å². The molecule has 0 saturated carbocycles. The van der Waals surface area contributed by atoms with E-state index in [0.717, 1.165) is 0 Å². The summed E-state index contributed by atoms with van der Waals surface area (Å²) in [6, 6.07) is 1.46. The minimum atomic E-state index is -0.946. The van der Waals surface area contributed by atoms with Crippen LogP contribution in [0.4, 0.5) is 0 Å². The van der Waals surface area contributed by atoms with E-state index < -0.39 is 5.60 Å². The molecule has 0 aliphatic rings. The van der Waals surface area contributed by atoms with Gasteiger partial charge in [-0.1, -0.05) is 23.2 Å². The number of aliphatic hydroxyl groups is 1. The summed E-state index contributed by atoms with van der Waals surface area (Å²) in [6.07, 6.45) is 0. The molecular formula is C8H10Cl2N2O2. The fraction of sp³-hybridized carbons (Fsp3) is 0.500. The van der Waals surface area contributed by atoms with Crippen molar-refractivity contribution in [3.63, 3.8) is 0 Å². The molecule has 1 aromatic rings. The van der Waals surface area contributed by atoms with Crippen molar-refractivity contribution < 1.29 is 9.84 Å². The van der Waals surface area contributed by atoms with Gasteiger partial charge in [0.05, 0.1) is 5.60 Å². The summed E-state index contributed by atoms with van der Waals surface area (Å²) in [7, 11) is 0. The van der Waals surface area contributed by atoms with Gasteiger partial charge in [0.1, 0.15) is 16.9 Å². The molecule has 0 aliphatic carbocycles. The Morgan fingerprint density at radius 1 is 1.36 bits per heavy atom. The summed E-state index contributed by atoms with van der Waals surface area (Å²) >= 11 is 11.2. The van der Waals surface area contributed by atoms with E-state index in [1.807, 2.05) is 0 Å². The van der Waals surface area contributed by atoms with Crippen molar-refractivity contribution in [3.05, 3.63) is 16.4 Å². The number of rotatable bonds is 3. The first-order valence-electron chi connectivity index (χ1n) is 3.92. The first kappa shape index (κ1) is 11.5. The van der Waals surface area contributed by atoms with Crippen molar-refractivity contribution in [2.75, 3.05) is 6.61 Å². The lowest BCUT2D eigenvalue weighted by Gasteiger charge is -2.16. The van der Waals surface area contributed by atoms with E-state index in [-0.39, 0.29) is 22.9 Å². The van der Waals surface area contributed by atoms with Crippen LogP contribution in [0.1, 0.15) is 13.8 Å². The second-order valence-corrected chi connectivity index (χ2v) is 4.17. The lowest BCUT2D eigenvalue weighted by atomic mass is 10.2. The van der Waals surface area contributed by atoms with Crippen LogP contribution in [0.3, 0.4) is 0 Å². The largest absolute Gasteiger partial charge is 0.460 e. The zero-order valence-electron chi connectivity index (χ0n) is 7.79. The Labute approximate surface area is 91.8 Å². The fourth-order valence-electron chi connectivity index (χ4n) is 0.676. The Morgan fingerprint density at radius 2 is 1.86 bits per heavy atom. The van der Waals surface area contributed by atoms with Crippen LogP contribution in [-0.4, -0.2) is 27.3 Å². The maximum absolute atomic E-state index is 9.37. The molecule has 1 heterocycles. The molecule has 0 atom stereocenters. The number of aromatic nitrogens is 2. The molecule has 0 unspecified atom stereocenters. The van der Waals surface area contributed by atoms with Gasteiger partial charge < -0.3 is 9.84 Å². The van der Waals surface area contributed by atoms with Crippen LogP contribution in [0.25, 0.3) is 0 Å². The molecule has 0 aromatic carbocycles. The van der Waals surface area contributed by atoms with Gasteiger partial charge in [-0.15, -0.1) is 0 Å². The molecule has 14 heavy (non-hydrogen) atoms. The van der Waals surface area contributed by atoms with Gasteiger partial charge in [-0.25, -0.2) is 0 Å². The average Bonchev–Trinajstić information content (AvgIpc) is 1.97. The Bertz CT molecular complexity index is 305. The molecule has 0 spiro atoms. The summed E-state index contributed by atoms with van der Waals surface area (Å²) < 4.78 is 5.09. The van der Waals surface area contributed by atoms with Crippen molar-refractivity contribution in [2.24, 2.45) is 0 Å². The smallest absolute Gasteiger partial charge is 0.319 e. The summed E-state index contributed by atoms with van der Waals surface area (Å²) in [5.41, 5.74) is -0.946. The number of nitrogens with zero attached hydrogens (tertiary/aromatic N) is 2. The monoisotopic (exact) mass is 236 g/mol. The van der Waals surface area contributed by atoms with Gasteiger partial charge in [-0.3, -0.25) is 0 Å². The molecule has 1 aromatic heterocycles. The number of hydrogen-bond acceptors (Lipinski definition) is 4. The molecule has 78 valence electrons. The van der Waals surface area contributed by atoms with Crippen LogP contribution in [0.15, 0.2) is 6.07 Å². The van der Waals surface area contributed by atoms with E-state index in [0.29, 0.717) is 0 Å². The molecule has 0 saturated heterocycles. The SMILES string of the molecule is CC(C)(O)COc1nc(Cl)cc(Cl)n1. The van der Waals surface area contributed by atoms with Crippen molar-refractivity contribution >= 4 is 23.2 Å². The van der Waals surface area contributed by atoms with Crippen molar-refractivity contribution in [1.82, 2.24) is 9.97 Å². The molecule has 1 rings (SSSR count). The molecule has 1 N–H and O–H groups in total. The van der Waals surface area contributed by atoms with Crippen molar-refractivity contribution in [3.8, 4) is 6.01 Å². The lowest BCUT2D eigenvalue weighted by molar-refractivity contribution is 0.0250. The topological polar surface area (TPSA) is 55.2 Å². The van der Waals surface area contributed by atoms with Gasteiger partial charge in [0, 0.05) is 6.07 Å². The van der Waals surface area contributed by atoms with E-state index in [4.69, 9.17) is 27.9 Å². The van der Waals surface area contributed by atoms with E-state index in [1.54, 1.807) is 13.8 Å². The van der Waals surface area contributed by atoms with Gasteiger partial charge >= 0.3 is 6.01 Å². The van der Waals surface area contributed by atoms with Gasteiger partial charge in [-0.2, -0.15) is 9.97 Å². The highest BCUT2D eigenvalue weighted by atomic mass is 35.5. The third-order valence-corrected chi connectivity index (χ3v) is 1.58. The highest BCUT2D eigenvalue weighted by molar-refractivity contribution is 6.33. The van der Waals surface area contributed by atoms with Gasteiger partial charge in [0.25, 0.3) is 0 Å². The Morgan fingerprint density at radius 3 is 2.29 bits per heavy atom. The van der Waals surface area contributed by atoms with E-state index >= 15 is 0 Å². The summed E-state index contributed by atoms with van der Waals surface area (Å²) in [5.74, 6) is 0. The standard InChI is InChI=1S/C8H10Cl2N2O2/c1-8(2,13)4-14-7-11-5(9)3-6(10)12-7/h3,13H,4H2,1-2H3. The minimum absolute atomic E-state index is 0.0598. The summed E-state index contributed by atoms with van der Waals surface area (Å²) in [4.78, 5) is 7.55. The van der Waals surface area contributed by atoms with Crippen LogP contribution in [0, 0.1) is 0 Å². The van der Waals surface area contributed by atoms with Crippen LogP contribution in [-0.2, 0) is 0 Å². The normalized spacial score (nSPS) is 11.5. The number of hydrogen-bond donors (Lipinski definition) is 1. The molecule has 0 bridgehead atoms. The first-order valence-corrected chi connectivity index (χ1v) is 4.68. The molecule has 0 fully saturated rings. The molecule has 0 amide bonds. The van der Waals surface area contributed by atoms with Crippen LogP contribution < -0.4 is 4.74 Å². The lowest BCUT2D eigenvalue weighted by Crippen LogP contribution is -2.28. The predicted molar refractivity (Wildman–Crippen MR) is 53.8 cm³/mol. The maximum Gasteiger partial charge on any atom is 0.319 e.